The lowest BCUT2D eigenvalue weighted by Gasteiger charge is -2.48. The molecule has 0 radical (unpaired) electrons. The van der Waals surface area contributed by atoms with Gasteiger partial charge in [-0.1, -0.05) is 119 Å². The second-order valence-electron chi connectivity index (χ2n) is 11.1. The normalized spacial score (nSPS) is 19.4. The fraction of sp³-hybridized carbons (Fsp3) is 0.769. The van der Waals surface area contributed by atoms with Crippen LogP contribution in [0.1, 0.15) is 89.5 Å². The maximum atomic E-state index is 2.66. The van der Waals surface area contributed by atoms with Gasteiger partial charge in [-0.2, -0.15) is 0 Å². The second-order valence-corrected chi connectivity index (χ2v) is 23.1. The molecule has 0 amide bonds. The van der Waals surface area contributed by atoms with Crippen LogP contribution in [0.15, 0.2) is 35.6 Å². The van der Waals surface area contributed by atoms with Crippen LogP contribution in [0.2, 0.25) is 38.8 Å². The average molecular weight is 419 g/mol. The Morgan fingerprint density at radius 2 is 1.07 bits per heavy atom. The molecular weight excluding hydrogens is 368 g/mol. The standard InChI is InChI=1S/C26H50Si2/c1-19(2)27(20(3)4,21(5)6)25-15-13-14-16-26(18-17-25)28(22(7)8,23(9)10)24(11)12/h13,15-25H,14H2,1-12H3. The summed E-state index contributed by atoms with van der Waals surface area (Å²) >= 11 is 0. The Labute approximate surface area is 180 Å². The zero-order valence-electron chi connectivity index (χ0n) is 21.1. The fourth-order valence-electron chi connectivity index (χ4n) is 7.57. The van der Waals surface area contributed by atoms with Crippen molar-refractivity contribution >= 4 is 16.1 Å². The van der Waals surface area contributed by atoms with Gasteiger partial charge < -0.3 is 0 Å². The van der Waals surface area contributed by atoms with Crippen molar-refractivity contribution in [3.63, 3.8) is 0 Å². The van der Waals surface area contributed by atoms with Crippen LogP contribution in [0.5, 0.6) is 0 Å². The largest absolute Gasteiger partial charge is 0.0938 e. The first kappa shape index (κ1) is 25.7. The number of hydrogen-bond donors (Lipinski definition) is 0. The van der Waals surface area contributed by atoms with Crippen molar-refractivity contribution in [3.8, 4) is 0 Å². The van der Waals surface area contributed by atoms with Crippen molar-refractivity contribution in [1.29, 1.82) is 0 Å². The molecule has 0 aromatic rings. The van der Waals surface area contributed by atoms with Crippen molar-refractivity contribution in [2.75, 3.05) is 0 Å². The molecule has 1 unspecified atom stereocenters. The first-order chi connectivity index (χ1) is 12.9. The molecule has 0 aromatic heterocycles. The monoisotopic (exact) mass is 418 g/mol. The van der Waals surface area contributed by atoms with E-state index in [1.54, 1.807) is 5.20 Å². The van der Waals surface area contributed by atoms with Gasteiger partial charge >= 0.3 is 0 Å². The third-order valence-electron chi connectivity index (χ3n) is 8.24. The first-order valence-electron chi connectivity index (χ1n) is 11.9. The highest BCUT2D eigenvalue weighted by Gasteiger charge is 2.48. The van der Waals surface area contributed by atoms with E-state index in [9.17, 15) is 0 Å². The third kappa shape index (κ3) is 4.38. The molecule has 0 saturated carbocycles. The van der Waals surface area contributed by atoms with Crippen LogP contribution >= 0.6 is 0 Å². The molecule has 0 N–H and O–H groups in total. The molecule has 0 aliphatic heterocycles. The Morgan fingerprint density at radius 1 is 0.643 bits per heavy atom. The Bertz CT molecular complexity index is 530. The van der Waals surface area contributed by atoms with E-state index >= 15 is 0 Å². The van der Waals surface area contributed by atoms with Gasteiger partial charge in [0.15, 0.2) is 0 Å². The number of hydrogen-bond acceptors (Lipinski definition) is 0. The minimum absolute atomic E-state index is 0.648. The summed E-state index contributed by atoms with van der Waals surface area (Å²) in [5.74, 6) is 0. The van der Waals surface area contributed by atoms with Crippen LogP contribution in [0, 0.1) is 0 Å². The fourth-order valence-corrected chi connectivity index (χ4v) is 21.6. The van der Waals surface area contributed by atoms with Gasteiger partial charge in [-0.3, -0.25) is 0 Å². The predicted molar refractivity (Wildman–Crippen MR) is 137 cm³/mol. The average Bonchev–Trinajstić information content (AvgIpc) is 2.50. The molecule has 0 spiro atoms. The number of allylic oxidation sites excluding steroid dienone is 6. The lowest BCUT2D eigenvalue weighted by Crippen LogP contribution is -2.48. The molecule has 0 bridgehead atoms. The van der Waals surface area contributed by atoms with Crippen LogP contribution < -0.4 is 0 Å². The van der Waals surface area contributed by atoms with Gasteiger partial charge in [0.1, 0.15) is 0 Å². The SMILES string of the molecule is CC(C)[Si](C1=CCC=CC([Si](C(C)C)(C(C)C)C(C)C)C=C1)(C(C)C)C(C)C. The van der Waals surface area contributed by atoms with Gasteiger partial charge in [-0.05, 0) is 45.2 Å². The van der Waals surface area contributed by atoms with Crippen molar-refractivity contribution in [2.24, 2.45) is 0 Å². The Morgan fingerprint density at radius 3 is 1.43 bits per heavy atom. The van der Waals surface area contributed by atoms with Crippen LogP contribution in [-0.4, -0.2) is 16.1 Å². The summed E-state index contributed by atoms with van der Waals surface area (Å²) in [6.07, 6.45) is 14.0. The van der Waals surface area contributed by atoms with E-state index in [4.69, 9.17) is 0 Å². The Kier molecular flexibility index (Phi) is 9.28. The molecule has 162 valence electrons. The summed E-state index contributed by atoms with van der Waals surface area (Å²) in [5, 5.41) is 1.72. The summed E-state index contributed by atoms with van der Waals surface area (Å²) in [7, 11) is -3.13. The van der Waals surface area contributed by atoms with Crippen molar-refractivity contribution < 1.29 is 0 Å². The Balaban J connectivity index is 3.58. The van der Waals surface area contributed by atoms with Gasteiger partial charge in [-0.15, -0.1) is 0 Å². The van der Waals surface area contributed by atoms with Crippen LogP contribution in [-0.2, 0) is 0 Å². The van der Waals surface area contributed by atoms with Gasteiger partial charge in [0.25, 0.3) is 0 Å². The summed E-state index contributed by atoms with van der Waals surface area (Å²) in [5.41, 5.74) is 5.34. The van der Waals surface area contributed by atoms with E-state index in [0.717, 1.165) is 39.7 Å². The van der Waals surface area contributed by atoms with E-state index in [0.29, 0.717) is 5.54 Å². The lowest BCUT2D eigenvalue weighted by atomic mass is 10.2. The number of rotatable bonds is 8. The topological polar surface area (TPSA) is 0 Å². The van der Waals surface area contributed by atoms with Gasteiger partial charge in [0.05, 0.1) is 16.1 Å². The molecule has 1 aliphatic rings. The van der Waals surface area contributed by atoms with E-state index in [1.807, 2.05) is 0 Å². The molecule has 0 saturated heterocycles. The molecule has 0 nitrogen and oxygen atoms in total. The van der Waals surface area contributed by atoms with E-state index in [-0.39, 0.29) is 0 Å². The van der Waals surface area contributed by atoms with E-state index in [1.165, 1.54) is 0 Å². The molecule has 1 atom stereocenters. The zero-order chi connectivity index (χ0) is 21.9. The van der Waals surface area contributed by atoms with Gasteiger partial charge in [0.2, 0.25) is 0 Å². The molecule has 0 fully saturated rings. The molecule has 2 heteroatoms. The first-order valence-corrected chi connectivity index (χ1v) is 16.5. The molecule has 0 heterocycles. The third-order valence-corrected chi connectivity index (χ3v) is 22.9. The minimum atomic E-state index is -1.60. The van der Waals surface area contributed by atoms with Crippen LogP contribution in [0.4, 0.5) is 0 Å². The van der Waals surface area contributed by atoms with Crippen LogP contribution in [0.3, 0.4) is 0 Å². The lowest BCUT2D eigenvalue weighted by molar-refractivity contribution is 0.788. The molecular formula is C26H50Si2. The zero-order valence-corrected chi connectivity index (χ0v) is 23.1. The minimum Gasteiger partial charge on any atom is -0.0844 e. The summed E-state index contributed by atoms with van der Waals surface area (Å²) in [6.45, 7) is 29.9. The molecule has 1 rings (SSSR count). The highest BCUT2D eigenvalue weighted by molar-refractivity contribution is 6.90. The second kappa shape index (κ2) is 10.1. The highest BCUT2D eigenvalue weighted by Crippen LogP contribution is 2.52. The van der Waals surface area contributed by atoms with E-state index in [2.05, 4.69) is 113 Å². The van der Waals surface area contributed by atoms with Crippen molar-refractivity contribution in [1.82, 2.24) is 0 Å². The van der Waals surface area contributed by atoms with Crippen LogP contribution in [0.25, 0.3) is 0 Å². The molecule has 1 aliphatic carbocycles. The van der Waals surface area contributed by atoms with Gasteiger partial charge in [0, 0.05) is 0 Å². The highest BCUT2D eigenvalue weighted by atomic mass is 28.3. The smallest absolute Gasteiger partial charge is 0.0844 e. The summed E-state index contributed by atoms with van der Waals surface area (Å²) in [4.78, 5) is 0. The predicted octanol–water partition coefficient (Wildman–Crippen LogP) is 9.70. The van der Waals surface area contributed by atoms with Crippen molar-refractivity contribution in [2.45, 2.75) is 128 Å². The van der Waals surface area contributed by atoms with Crippen molar-refractivity contribution in [3.05, 3.63) is 35.6 Å². The quantitative estimate of drug-likeness (QED) is 0.272. The molecule has 28 heavy (non-hydrogen) atoms. The van der Waals surface area contributed by atoms with Gasteiger partial charge in [-0.25, -0.2) is 0 Å². The van der Waals surface area contributed by atoms with E-state index < -0.39 is 16.1 Å². The summed E-state index contributed by atoms with van der Waals surface area (Å²) in [6, 6.07) is 0. The molecule has 0 aromatic carbocycles. The maximum Gasteiger partial charge on any atom is 0.0938 e. The Hall–Kier alpha value is -0.346. The maximum absolute atomic E-state index is 2.66. The summed E-state index contributed by atoms with van der Waals surface area (Å²) < 4.78 is 0.